The summed E-state index contributed by atoms with van der Waals surface area (Å²) < 4.78 is 10.2. The van der Waals surface area contributed by atoms with Crippen molar-refractivity contribution >= 4 is 46.9 Å². The molecule has 1 aliphatic rings. The largest absolute Gasteiger partial charge is 0.467 e. The van der Waals surface area contributed by atoms with Crippen LogP contribution in [0.1, 0.15) is 38.3 Å². The standard InChI is InChI=1S/C29H36N4O6S/c1-29(2,3)39-24(35)17-30-26-27(36)33(18-23(34)31-21(15-16-40-5)28(37)38-4)22-14-10-9-13-20(22)25(32-26)19-11-7-6-8-12-19/h6-14,21,26,30H,15-18H2,1-5H3,(H,31,34)/t21-,26?/m0/s1. The number of rotatable bonds is 11. The highest BCUT2D eigenvalue weighted by Gasteiger charge is 2.34. The molecular weight excluding hydrogens is 532 g/mol. The monoisotopic (exact) mass is 568 g/mol. The summed E-state index contributed by atoms with van der Waals surface area (Å²) in [6, 6.07) is 15.7. The van der Waals surface area contributed by atoms with Crippen LogP contribution < -0.4 is 15.5 Å². The predicted octanol–water partition coefficient (Wildman–Crippen LogP) is 2.54. The number of carbonyl (C=O) groups is 4. The van der Waals surface area contributed by atoms with E-state index >= 15 is 0 Å². The van der Waals surface area contributed by atoms with E-state index < -0.39 is 41.6 Å². The Morgan fingerprint density at radius 3 is 2.40 bits per heavy atom. The zero-order valence-electron chi connectivity index (χ0n) is 23.4. The first-order valence-corrected chi connectivity index (χ1v) is 14.3. The van der Waals surface area contributed by atoms with Crippen molar-refractivity contribution in [3.8, 4) is 0 Å². The summed E-state index contributed by atoms with van der Waals surface area (Å²) >= 11 is 1.54. The number of nitrogens with one attached hydrogen (secondary N) is 2. The van der Waals surface area contributed by atoms with Gasteiger partial charge in [0.15, 0.2) is 6.17 Å². The van der Waals surface area contributed by atoms with Crippen molar-refractivity contribution in [1.29, 1.82) is 0 Å². The molecule has 2 N–H and O–H groups in total. The van der Waals surface area contributed by atoms with E-state index in [0.717, 1.165) is 5.56 Å². The van der Waals surface area contributed by atoms with Crippen molar-refractivity contribution in [2.75, 3.05) is 37.1 Å². The molecule has 3 rings (SSSR count). The van der Waals surface area contributed by atoms with E-state index in [0.29, 0.717) is 29.1 Å². The average molecular weight is 569 g/mol. The molecule has 0 radical (unpaired) electrons. The first-order valence-electron chi connectivity index (χ1n) is 12.9. The molecule has 1 aliphatic heterocycles. The molecule has 0 saturated heterocycles. The lowest BCUT2D eigenvalue weighted by Gasteiger charge is -2.26. The molecule has 0 fully saturated rings. The number of anilines is 1. The molecule has 1 unspecified atom stereocenters. The normalized spacial score (nSPS) is 15.8. The van der Waals surface area contributed by atoms with Crippen LogP contribution in [0.15, 0.2) is 59.6 Å². The second-order valence-corrected chi connectivity index (χ2v) is 11.1. The topological polar surface area (TPSA) is 126 Å². The number of hydrogen-bond donors (Lipinski definition) is 2. The van der Waals surface area contributed by atoms with E-state index in [-0.39, 0.29) is 13.1 Å². The van der Waals surface area contributed by atoms with Crippen molar-refractivity contribution in [3.63, 3.8) is 0 Å². The summed E-state index contributed by atoms with van der Waals surface area (Å²) in [5, 5.41) is 5.61. The average Bonchev–Trinajstić information content (AvgIpc) is 3.03. The lowest BCUT2D eigenvalue weighted by molar-refractivity contribution is -0.153. The van der Waals surface area contributed by atoms with E-state index in [4.69, 9.17) is 14.5 Å². The number of nitrogens with zero attached hydrogens (tertiary/aromatic N) is 2. The fraction of sp³-hybridized carbons (Fsp3) is 0.414. The fourth-order valence-electron chi connectivity index (χ4n) is 4.12. The van der Waals surface area contributed by atoms with Gasteiger partial charge in [0.1, 0.15) is 18.2 Å². The number of aliphatic imine (C=N–C) groups is 1. The van der Waals surface area contributed by atoms with Gasteiger partial charge in [0.25, 0.3) is 5.91 Å². The molecule has 40 heavy (non-hydrogen) atoms. The van der Waals surface area contributed by atoms with Gasteiger partial charge in [0, 0.05) is 11.1 Å². The number of fused-ring (bicyclic) bond motifs is 1. The van der Waals surface area contributed by atoms with Gasteiger partial charge in [-0.05, 0) is 45.3 Å². The number of para-hydroxylation sites is 1. The number of hydrogen-bond acceptors (Lipinski definition) is 9. The zero-order valence-corrected chi connectivity index (χ0v) is 24.2. The number of benzene rings is 2. The Bertz CT molecular complexity index is 1240. The third-order valence-corrected chi connectivity index (χ3v) is 6.49. The summed E-state index contributed by atoms with van der Waals surface area (Å²) in [7, 11) is 1.26. The molecule has 2 aromatic carbocycles. The summed E-state index contributed by atoms with van der Waals surface area (Å²) in [5.41, 5.74) is 1.72. The minimum atomic E-state index is -1.18. The molecule has 0 aliphatic carbocycles. The van der Waals surface area contributed by atoms with E-state index in [1.54, 1.807) is 32.9 Å². The molecule has 214 valence electrons. The highest BCUT2D eigenvalue weighted by Crippen LogP contribution is 2.28. The molecule has 2 amide bonds. The zero-order chi connectivity index (χ0) is 29.3. The number of carbonyl (C=O) groups excluding carboxylic acids is 4. The van der Waals surface area contributed by atoms with Gasteiger partial charge in [-0.15, -0.1) is 0 Å². The van der Waals surface area contributed by atoms with Gasteiger partial charge < -0.3 is 14.8 Å². The number of benzodiazepines with no additional fused rings is 1. The minimum Gasteiger partial charge on any atom is -0.467 e. The smallest absolute Gasteiger partial charge is 0.328 e. The Morgan fingerprint density at radius 2 is 1.75 bits per heavy atom. The van der Waals surface area contributed by atoms with Gasteiger partial charge in [0.05, 0.1) is 25.1 Å². The van der Waals surface area contributed by atoms with Gasteiger partial charge in [-0.2, -0.15) is 11.8 Å². The van der Waals surface area contributed by atoms with Crippen molar-refractivity contribution < 1.29 is 28.7 Å². The van der Waals surface area contributed by atoms with Gasteiger partial charge in [0.2, 0.25) is 5.91 Å². The third-order valence-electron chi connectivity index (χ3n) is 5.85. The summed E-state index contributed by atoms with van der Waals surface area (Å²) in [6.45, 7) is 4.63. The van der Waals surface area contributed by atoms with E-state index in [1.165, 1.54) is 23.8 Å². The van der Waals surface area contributed by atoms with E-state index in [9.17, 15) is 19.2 Å². The highest BCUT2D eigenvalue weighted by atomic mass is 32.2. The summed E-state index contributed by atoms with van der Waals surface area (Å²) in [6.07, 6.45) is 1.10. The number of ether oxygens (including phenoxy) is 2. The van der Waals surface area contributed by atoms with Crippen LogP contribution in [0.2, 0.25) is 0 Å². The van der Waals surface area contributed by atoms with Crippen molar-refractivity contribution in [2.45, 2.75) is 45.0 Å². The van der Waals surface area contributed by atoms with Crippen LogP contribution in [0.3, 0.4) is 0 Å². The Balaban J connectivity index is 1.97. The number of amides is 2. The molecule has 0 aromatic heterocycles. The summed E-state index contributed by atoms with van der Waals surface area (Å²) in [5.74, 6) is -1.53. The molecule has 2 aromatic rings. The van der Waals surface area contributed by atoms with Gasteiger partial charge in [-0.25, -0.2) is 4.79 Å². The van der Waals surface area contributed by atoms with Crippen LogP contribution in [0.4, 0.5) is 5.69 Å². The van der Waals surface area contributed by atoms with Crippen LogP contribution in [0.5, 0.6) is 0 Å². The quantitative estimate of drug-likeness (QED) is 0.396. The predicted molar refractivity (Wildman–Crippen MR) is 155 cm³/mol. The highest BCUT2D eigenvalue weighted by molar-refractivity contribution is 7.98. The number of thioether (sulfide) groups is 1. The van der Waals surface area contributed by atoms with E-state index in [1.807, 2.05) is 48.7 Å². The first kappa shape index (κ1) is 30.8. The molecule has 0 spiro atoms. The van der Waals surface area contributed by atoms with Crippen LogP contribution in [-0.2, 0) is 28.7 Å². The van der Waals surface area contributed by atoms with Crippen LogP contribution >= 0.6 is 11.8 Å². The third kappa shape index (κ3) is 8.40. The number of methoxy groups -OCH3 is 1. The number of esters is 2. The minimum absolute atomic E-state index is 0.269. The molecule has 11 heteroatoms. The van der Waals surface area contributed by atoms with Gasteiger partial charge in [-0.3, -0.25) is 29.6 Å². The summed E-state index contributed by atoms with van der Waals surface area (Å²) in [4.78, 5) is 57.9. The molecular formula is C29H36N4O6S. The van der Waals surface area contributed by atoms with Crippen LogP contribution in [-0.4, -0.2) is 79.5 Å². The van der Waals surface area contributed by atoms with Crippen LogP contribution in [0, 0.1) is 0 Å². The molecule has 0 bridgehead atoms. The molecule has 10 nitrogen and oxygen atoms in total. The fourth-order valence-corrected chi connectivity index (χ4v) is 4.59. The second-order valence-electron chi connectivity index (χ2n) is 10.1. The maximum absolute atomic E-state index is 13.9. The van der Waals surface area contributed by atoms with Crippen LogP contribution in [0.25, 0.3) is 0 Å². The first-order chi connectivity index (χ1) is 19.0. The van der Waals surface area contributed by atoms with Crippen molar-refractivity contribution in [3.05, 3.63) is 65.7 Å². The second kappa shape index (κ2) is 14.1. The van der Waals surface area contributed by atoms with Crippen molar-refractivity contribution in [2.24, 2.45) is 4.99 Å². The Kier molecular flexibility index (Phi) is 10.9. The lowest BCUT2D eigenvalue weighted by atomic mass is 10.0. The Labute approximate surface area is 238 Å². The lowest BCUT2D eigenvalue weighted by Crippen LogP contribution is -2.52. The molecule has 1 heterocycles. The van der Waals surface area contributed by atoms with Gasteiger partial charge >= 0.3 is 11.9 Å². The van der Waals surface area contributed by atoms with E-state index in [2.05, 4.69) is 10.6 Å². The maximum Gasteiger partial charge on any atom is 0.328 e. The molecule has 0 saturated carbocycles. The van der Waals surface area contributed by atoms with Crippen molar-refractivity contribution in [1.82, 2.24) is 10.6 Å². The Morgan fingerprint density at radius 1 is 1.07 bits per heavy atom. The maximum atomic E-state index is 13.9. The van der Waals surface area contributed by atoms with Gasteiger partial charge in [-0.1, -0.05) is 48.5 Å². The Hall–Kier alpha value is -3.70. The SMILES string of the molecule is COC(=O)[C@H](CCSC)NC(=O)CN1C(=O)C(NCC(=O)OC(C)(C)C)N=C(c2ccccc2)c2ccccc21. The molecule has 2 atom stereocenters.